The van der Waals surface area contributed by atoms with Gasteiger partial charge < -0.3 is 22.9 Å². The van der Waals surface area contributed by atoms with Crippen molar-refractivity contribution in [2.24, 2.45) is 27.2 Å². The van der Waals surface area contributed by atoms with E-state index in [2.05, 4.69) is 9.98 Å². The van der Waals surface area contributed by atoms with Gasteiger partial charge in [0.25, 0.3) is 0 Å². The van der Waals surface area contributed by atoms with Crippen LogP contribution >= 0.6 is 11.6 Å². The number of benzene rings is 1. The molecule has 7 heteroatoms. The van der Waals surface area contributed by atoms with Crippen molar-refractivity contribution < 1.29 is 0 Å². The molecule has 0 fully saturated rings. The second-order valence-corrected chi connectivity index (χ2v) is 3.12. The number of hydrogen-bond donors (Lipinski definition) is 4. The molecular weight excluding hydrogens is 216 g/mol. The molecule has 0 aliphatic rings. The van der Waals surface area contributed by atoms with E-state index in [0.29, 0.717) is 16.4 Å². The second kappa shape index (κ2) is 4.52. The van der Waals surface area contributed by atoms with Gasteiger partial charge in [-0.2, -0.15) is 4.99 Å². The number of aliphatic imine (C=N–C) groups is 2. The molecule has 0 amide bonds. The van der Waals surface area contributed by atoms with Crippen molar-refractivity contribution in [3.8, 4) is 0 Å². The van der Waals surface area contributed by atoms with Crippen LogP contribution in [0.4, 0.5) is 11.4 Å². The van der Waals surface area contributed by atoms with E-state index in [0.717, 1.165) is 0 Å². The fourth-order valence-corrected chi connectivity index (χ4v) is 1.05. The number of rotatable bonds is 1. The normalized spacial score (nSPS) is 11.1. The van der Waals surface area contributed by atoms with Crippen LogP contribution in [0.25, 0.3) is 0 Å². The first-order valence-corrected chi connectivity index (χ1v) is 4.35. The smallest absolute Gasteiger partial charge is 0.223 e. The van der Waals surface area contributed by atoms with Gasteiger partial charge in [0, 0.05) is 0 Å². The fraction of sp³-hybridized carbons (Fsp3) is 0. The Balaban J connectivity index is 2.99. The quantitative estimate of drug-likeness (QED) is 0.308. The average Bonchev–Trinajstić information content (AvgIpc) is 2.10. The largest absolute Gasteiger partial charge is 0.398 e. The lowest BCUT2D eigenvalue weighted by Crippen LogP contribution is -2.26. The summed E-state index contributed by atoms with van der Waals surface area (Å²) < 4.78 is 0. The summed E-state index contributed by atoms with van der Waals surface area (Å²) >= 11 is 5.78. The highest BCUT2D eigenvalue weighted by Crippen LogP contribution is 2.24. The highest BCUT2D eigenvalue weighted by Gasteiger charge is 1.98. The monoisotopic (exact) mass is 226 g/mol. The van der Waals surface area contributed by atoms with Crippen LogP contribution in [0.5, 0.6) is 0 Å². The number of hydrogen-bond acceptors (Lipinski definition) is 2. The van der Waals surface area contributed by atoms with Crippen LogP contribution in [0.1, 0.15) is 0 Å². The Morgan fingerprint density at radius 2 is 1.87 bits per heavy atom. The maximum atomic E-state index is 5.78. The number of anilines is 1. The number of nitrogens with zero attached hydrogens (tertiary/aromatic N) is 2. The Kier molecular flexibility index (Phi) is 3.35. The molecule has 6 nitrogen and oxygen atoms in total. The maximum absolute atomic E-state index is 5.78. The fourth-order valence-electron chi connectivity index (χ4n) is 0.875. The van der Waals surface area contributed by atoms with Crippen LogP contribution < -0.4 is 22.9 Å². The van der Waals surface area contributed by atoms with E-state index in [-0.39, 0.29) is 11.9 Å². The van der Waals surface area contributed by atoms with E-state index in [4.69, 9.17) is 34.5 Å². The molecule has 0 spiro atoms. The first kappa shape index (κ1) is 11.1. The third kappa shape index (κ3) is 3.35. The summed E-state index contributed by atoms with van der Waals surface area (Å²) in [5.74, 6) is -0.200. The topological polar surface area (TPSA) is 129 Å². The van der Waals surface area contributed by atoms with Gasteiger partial charge in [-0.25, -0.2) is 4.99 Å². The average molecular weight is 227 g/mol. The van der Waals surface area contributed by atoms with Gasteiger partial charge in [-0.15, -0.1) is 0 Å². The molecule has 8 N–H and O–H groups in total. The van der Waals surface area contributed by atoms with Gasteiger partial charge in [0.05, 0.1) is 16.4 Å². The molecule has 1 aromatic rings. The van der Waals surface area contributed by atoms with Crippen LogP contribution in [0, 0.1) is 0 Å². The van der Waals surface area contributed by atoms with Crippen molar-refractivity contribution in [3.05, 3.63) is 23.2 Å². The highest BCUT2D eigenvalue weighted by molar-refractivity contribution is 6.33. The molecule has 0 unspecified atom stereocenters. The highest BCUT2D eigenvalue weighted by atomic mass is 35.5. The Morgan fingerprint density at radius 3 is 2.40 bits per heavy atom. The number of nitrogen functional groups attached to an aromatic ring is 1. The molecule has 0 aliphatic carbocycles. The lowest BCUT2D eigenvalue weighted by Gasteiger charge is -1.99. The predicted octanol–water partition coefficient (Wildman–Crippen LogP) is 0.142. The van der Waals surface area contributed by atoms with Crippen molar-refractivity contribution in [1.82, 2.24) is 0 Å². The molecule has 1 rings (SSSR count). The van der Waals surface area contributed by atoms with Crippen LogP contribution in [0.15, 0.2) is 28.2 Å². The van der Waals surface area contributed by atoms with Gasteiger partial charge >= 0.3 is 0 Å². The van der Waals surface area contributed by atoms with Crippen LogP contribution in [-0.4, -0.2) is 11.9 Å². The molecular formula is C8H11ClN6. The molecule has 1 aromatic carbocycles. The van der Waals surface area contributed by atoms with E-state index in [1.165, 1.54) is 0 Å². The Bertz CT molecular complexity index is 421. The summed E-state index contributed by atoms with van der Waals surface area (Å²) in [7, 11) is 0. The van der Waals surface area contributed by atoms with Crippen LogP contribution in [0.2, 0.25) is 5.02 Å². The molecule has 15 heavy (non-hydrogen) atoms. The molecule has 0 atom stereocenters. The predicted molar refractivity (Wildman–Crippen MR) is 63.0 cm³/mol. The maximum Gasteiger partial charge on any atom is 0.223 e. The van der Waals surface area contributed by atoms with Gasteiger partial charge in [-0.3, -0.25) is 0 Å². The first-order valence-electron chi connectivity index (χ1n) is 3.98. The number of halogens is 1. The summed E-state index contributed by atoms with van der Waals surface area (Å²) in [5, 5.41) is 0.397. The standard InChI is InChI=1S/C8H11ClN6/c9-5-3-4(1-2-6(5)10)14-8(13)15-7(11)12/h1-3H,10H2,(H6,11,12,13,14,15). The van der Waals surface area contributed by atoms with Crippen molar-refractivity contribution in [1.29, 1.82) is 0 Å². The zero-order valence-corrected chi connectivity index (χ0v) is 8.57. The minimum Gasteiger partial charge on any atom is -0.398 e. The lowest BCUT2D eigenvalue weighted by atomic mass is 10.3. The van der Waals surface area contributed by atoms with Gasteiger partial charge in [0.1, 0.15) is 0 Å². The summed E-state index contributed by atoms with van der Waals surface area (Å²) in [5.41, 5.74) is 22.2. The molecule has 80 valence electrons. The van der Waals surface area contributed by atoms with E-state index < -0.39 is 0 Å². The summed E-state index contributed by atoms with van der Waals surface area (Å²) in [4.78, 5) is 7.46. The minimum atomic E-state index is -0.155. The molecule has 0 saturated heterocycles. The number of nitrogens with two attached hydrogens (primary N) is 4. The molecule has 0 heterocycles. The lowest BCUT2D eigenvalue weighted by molar-refractivity contribution is 1.38. The van der Waals surface area contributed by atoms with Crippen LogP contribution in [0.3, 0.4) is 0 Å². The van der Waals surface area contributed by atoms with Crippen molar-refractivity contribution >= 4 is 34.9 Å². The van der Waals surface area contributed by atoms with E-state index in [1.54, 1.807) is 18.2 Å². The van der Waals surface area contributed by atoms with Crippen molar-refractivity contribution in [3.63, 3.8) is 0 Å². The first-order chi connectivity index (χ1) is 6.99. The molecule has 0 saturated carbocycles. The Labute approximate surface area is 91.6 Å². The molecule has 0 aliphatic heterocycles. The second-order valence-electron chi connectivity index (χ2n) is 2.71. The van der Waals surface area contributed by atoms with Crippen molar-refractivity contribution in [2.75, 3.05) is 5.73 Å². The number of guanidine groups is 2. The third-order valence-electron chi connectivity index (χ3n) is 1.47. The summed E-state index contributed by atoms with van der Waals surface area (Å²) in [6, 6.07) is 4.83. The molecule has 0 bridgehead atoms. The van der Waals surface area contributed by atoms with E-state index in [1.807, 2.05) is 0 Å². The van der Waals surface area contributed by atoms with Gasteiger partial charge in [-0.1, -0.05) is 11.6 Å². The Morgan fingerprint density at radius 1 is 1.20 bits per heavy atom. The molecule has 0 aromatic heterocycles. The summed E-state index contributed by atoms with van der Waals surface area (Å²) in [6.45, 7) is 0. The SMILES string of the molecule is NC(N)=NC(N)=Nc1ccc(N)c(Cl)c1. The van der Waals surface area contributed by atoms with Gasteiger partial charge in [0.2, 0.25) is 5.96 Å². The van der Waals surface area contributed by atoms with Gasteiger partial charge in [-0.05, 0) is 18.2 Å². The minimum absolute atomic E-state index is 0.0455. The van der Waals surface area contributed by atoms with E-state index >= 15 is 0 Å². The zero-order chi connectivity index (χ0) is 11.4. The summed E-state index contributed by atoms with van der Waals surface area (Å²) in [6.07, 6.45) is 0. The zero-order valence-electron chi connectivity index (χ0n) is 7.81. The van der Waals surface area contributed by atoms with Gasteiger partial charge in [0.15, 0.2) is 5.96 Å². The van der Waals surface area contributed by atoms with E-state index in [9.17, 15) is 0 Å². The third-order valence-corrected chi connectivity index (χ3v) is 1.80. The Hall–Kier alpha value is -1.95. The van der Waals surface area contributed by atoms with Crippen LogP contribution in [-0.2, 0) is 0 Å². The van der Waals surface area contributed by atoms with Crippen molar-refractivity contribution in [2.45, 2.75) is 0 Å². The molecule has 0 radical (unpaired) electrons.